The van der Waals surface area contributed by atoms with Gasteiger partial charge in [-0.2, -0.15) is 0 Å². The van der Waals surface area contributed by atoms with E-state index >= 15 is 0 Å². The molecule has 1 aliphatic carbocycles. The number of carboxylic acid groups (broad SMARTS) is 1. The third-order valence-corrected chi connectivity index (χ3v) is 6.10. The van der Waals surface area contributed by atoms with E-state index < -0.39 is 11.4 Å². The van der Waals surface area contributed by atoms with E-state index in [0.717, 1.165) is 38.8 Å². The highest BCUT2D eigenvalue weighted by Gasteiger charge is 2.45. The second-order valence-corrected chi connectivity index (χ2v) is 7.45. The second-order valence-electron chi connectivity index (χ2n) is 7.45. The van der Waals surface area contributed by atoms with Crippen LogP contribution in [0, 0.1) is 5.41 Å². The molecule has 2 saturated heterocycles. The van der Waals surface area contributed by atoms with Gasteiger partial charge in [0.05, 0.1) is 17.1 Å². The Bertz CT molecular complexity index is 391. The number of carbonyl (C=O) groups is 1. The SMILES string of the molecule is CCC1(C(=O)O)CCCN(CC2CCC3(CCCC3)O2)C1. The van der Waals surface area contributed by atoms with Crippen molar-refractivity contribution < 1.29 is 14.6 Å². The number of hydrogen-bond donors (Lipinski definition) is 1. The number of likely N-dealkylation sites (tertiary alicyclic amines) is 1. The molecule has 0 amide bonds. The normalized spacial score (nSPS) is 36.3. The highest BCUT2D eigenvalue weighted by atomic mass is 16.5. The van der Waals surface area contributed by atoms with Gasteiger partial charge in [-0.15, -0.1) is 0 Å². The first kappa shape index (κ1) is 15.3. The lowest BCUT2D eigenvalue weighted by Crippen LogP contribution is -2.49. The number of ether oxygens (including phenoxy) is 1. The summed E-state index contributed by atoms with van der Waals surface area (Å²) in [6.45, 7) is 4.67. The Morgan fingerprint density at radius 2 is 2.00 bits per heavy atom. The van der Waals surface area contributed by atoms with Gasteiger partial charge in [-0.1, -0.05) is 19.8 Å². The van der Waals surface area contributed by atoms with Crippen molar-refractivity contribution in [1.82, 2.24) is 4.90 Å². The third kappa shape index (κ3) is 2.98. The molecule has 1 saturated carbocycles. The molecule has 120 valence electrons. The van der Waals surface area contributed by atoms with Gasteiger partial charge in [0.2, 0.25) is 0 Å². The maximum Gasteiger partial charge on any atom is 0.310 e. The molecule has 1 spiro atoms. The van der Waals surface area contributed by atoms with Gasteiger partial charge in [0.15, 0.2) is 0 Å². The predicted octanol–water partition coefficient (Wildman–Crippen LogP) is 3.06. The van der Waals surface area contributed by atoms with Crippen molar-refractivity contribution in [3.63, 3.8) is 0 Å². The first-order valence-corrected chi connectivity index (χ1v) is 8.71. The quantitative estimate of drug-likeness (QED) is 0.866. The first-order chi connectivity index (χ1) is 10.1. The van der Waals surface area contributed by atoms with Crippen LogP contribution in [-0.4, -0.2) is 47.3 Å². The predicted molar refractivity (Wildman–Crippen MR) is 81.3 cm³/mol. The van der Waals surface area contributed by atoms with Crippen molar-refractivity contribution in [3.05, 3.63) is 0 Å². The molecule has 2 aliphatic heterocycles. The molecule has 3 fully saturated rings. The van der Waals surface area contributed by atoms with Gasteiger partial charge < -0.3 is 9.84 Å². The van der Waals surface area contributed by atoms with E-state index in [-0.39, 0.29) is 5.60 Å². The van der Waals surface area contributed by atoms with Crippen molar-refractivity contribution in [2.45, 2.75) is 76.4 Å². The molecule has 3 aliphatic rings. The topological polar surface area (TPSA) is 49.8 Å². The number of aliphatic carboxylic acids is 1. The molecular weight excluding hydrogens is 266 g/mol. The summed E-state index contributed by atoms with van der Waals surface area (Å²) in [6.07, 6.45) is 10.3. The summed E-state index contributed by atoms with van der Waals surface area (Å²) in [5.74, 6) is -0.616. The average molecular weight is 295 g/mol. The molecular formula is C17H29NO3. The first-order valence-electron chi connectivity index (χ1n) is 8.71. The zero-order valence-corrected chi connectivity index (χ0v) is 13.3. The second kappa shape index (κ2) is 5.88. The van der Waals surface area contributed by atoms with Crippen LogP contribution >= 0.6 is 0 Å². The summed E-state index contributed by atoms with van der Waals surface area (Å²) in [6, 6.07) is 0. The number of rotatable bonds is 4. The fraction of sp³-hybridized carbons (Fsp3) is 0.941. The largest absolute Gasteiger partial charge is 0.481 e. The van der Waals surface area contributed by atoms with Gasteiger partial charge in [0, 0.05) is 13.1 Å². The van der Waals surface area contributed by atoms with Gasteiger partial charge in [-0.25, -0.2) is 0 Å². The fourth-order valence-corrected chi connectivity index (χ4v) is 4.70. The molecule has 4 nitrogen and oxygen atoms in total. The summed E-state index contributed by atoms with van der Waals surface area (Å²) in [4.78, 5) is 14.0. The Labute approximate surface area is 127 Å². The molecule has 0 radical (unpaired) electrons. The minimum atomic E-state index is -0.616. The minimum absolute atomic E-state index is 0.190. The van der Waals surface area contributed by atoms with E-state index in [4.69, 9.17) is 4.74 Å². The van der Waals surface area contributed by atoms with Crippen LogP contribution in [0.3, 0.4) is 0 Å². The molecule has 2 heterocycles. The third-order valence-electron chi connectivity index (χ3n) is 6.10. The molecule has 0 aromatic rings. The van der Waals surface area contributed by atoms with Crippen molar-refractivity contribution in [2.75, 3.05) is 19.6 Å². The standard InChI is InChI=1S/C17H29NO3/c1-2-16(15(19)20)7-5-11-18(13-16)12-14-6-10-17(21-14)8-3-4-9-17/h14H,2-13H2,1H3,(H,19,20). The summed E-state index contributed by atoms with van der Waals surface area (Å²) in [5.41, 5.74) is -0.336. The number of carboxylic acids is 1. The zero-order chi connectivity index (χ0) is 14.9. The molecule has 0 aromatic carbocycles. The van der Waals surface area contributed by atoms with Gasteiger partial charge in [0.1, 0.15) is 0 Å². The van der Waals surface area contributed by atoms with Crippen LogP contribution in [0.5, 0.6) is 0 Å². The molecule has 2 unspecified atom stereocenters. The molecule has 1 N–H and O–H groups in total. The number of nitrogens with zero attached hydrogens (tertiary/aromatic N) is 1. The maximum absolute atomic E-state index is 11.6. The Morgan fingerprint density at radius 1 is 1.24 bits per heavy atom. The lowest BCUT2D eigenvalue weighted by atomic mass is 9.77. The van der Waals surface area contributed by atoms with E-state index in [0.29, 0.717) is 12.6 Å². The van der Waals surface area contributed by atoms with Gasteiger partial charge in [-0.05, 0) is 51.5 Å². The summed E-state index contributed by atoms with van der Waals surface area (Å²) in [7, 11) is 0. The minimum Gasteiger partial charge on any atom is -0.481 e. The van der Waals surface area contributed by atoms with Gasteiger partial charge >= 0.3 is 5.97 Å². The molecule has 2 atom stereocenters. The van der Waals surface area contributed by atoms with E-state index in [9.17, 15) is 9.90 Å². The van der Waals surface area contributed by atoms with Crippen LogP contribution in [0.2, 0.25) is 0 Å². The highest BCUT2D eigenvalue weighted by Crippen LogP contribution is 2.44. The van der Waals surface area contributed by atoms with Crippen LogP contribution in [0.4, 0.5) is 0 Å². The van der Waals surface area contributed by atoms with E-state index in [1.807, 2.05) is 6.92 Å². The molecule has 21 heavy (non-hydrogen) atoms. The van der Waals surface area contributed by atoms with Crippen LogP contribution < -0.4 is 0 Å². The van der Waals surface area contributed by atoms with Crippen LogP contribution in [0.25, 0.3) is 0 Å². The van der Waals surface area contributed by atoms with Crippen LogP contribution in [0.15, 0.2) is 0 Å². The van der Waals surface area contributed by atoms with Crippen molar-refractivity contribution in [3.8, 4) is 0 Å². The summed E-state index contributed by atoms with van der Waals surface area (Å²) in [5, 5.41) is 9.58. The summed E-state index contributed by atoms with van der Waals surface area (Å²) < 4.78 is 6.39. The highest BCUT2D eigenvalue weighted by molar-refractivity contribution is 5.75. The van der Waals surface area contributed by atoms with E-state index in [1.165, 1.54) is 32.1 Å². The van der Waals surface area contributed by atoms with Gasteiger partial charge in [-0.3, -0.25) is 9.69 Å². The van der Waals surface area contributed by atoms with Crippen molar-refractivity contribution >= 4 is 5.97 Å². The van der Waals surface area contributed by atoms with Crippen LogP contribution in [-0.2, 0) is 9.53 Å². The number of piperidine rings is 1. The molecule has 3 rings (SSSR count). The smallest absolute Gasteiger partial charge is 0.310 e. The average Bonchev–Trinajstić information content (AvgIpc) is 3.09. The Kier molecular flexibility index (Phi) is 4.28. The lowest BCUT2D eigenvalue weighted by molar-refractivity contribution is -0.153. The zero-order valence-electron chi connectivity index (χ0n) is 13.3. The van der Waals surface area contributed by atoms with Crippen LogP contribution in [0.1, 0.15) is 64.7 Å². The monoisotopic (exact) mass is 295 g/mol. The van der Waals surface area contributed by atoms with Gasteiger partial charge in [0.25, 0.3) is 0 Å². The Balaban J connectivity index is 1.57. The Morgan fingerprint density at radius 3 is 2.67 bits per heavy atom. The Hall–Kier alpha value is -0.610. The van der Waals surface area contributed by atoms with E-state index in [2.05, 4.69) is 4.90 Å². The summed E-state index contributed by atoms with van der Waals surface area (Å²) >= 11 is 0. The van der Waals surface area contributed by atoms with Crippen molar-refractivity contribution in [1.29, 1.82) is 0 Å². The fourth-order valence-electron chi connectivity index (χ4n) is 4.70. The maximum atomic E-state index is 11.6. The lowest BCUT2D eigenvalue weighted by Gasteiger charge is -2.40. The van der Waals surface area contributed by atoms with Crippen molar-refractivity contribution in [2.24, 2.45) is 5.41 Å². The molecule has 0 bridgehead atoms. The molecule has 4 heteroatoms. The van der Waals surface area contributed by atoms with E-state index in [1.54, 1.807) is 0 Å². The molecule has 0 aromatic heterocycles. The number of hydrogen-bond acceptors (Lipinski definition) is 3.